The summed E-state index contributed by atoms with van der Waals surface area (Å²) in [7, 11) is -4.56. The van der Waals surface area contributed by atoms with Gasteiger partial charge in [-0.05, 0) is 24.6 Å². The van der Waals surface area contributed by atoms with E-state index in [2.05, 4.69) is 0 Å². The Hall–Kier alpha value is -1.14. The fourth-order valence-corrected chi connectivity index (χ4v) is 3.14. The van der Waals surface area contributed by atoms with Gasteiger partial charge in [0.15, 0.2) is 0 Å². The maximum absolute atomic E-state index is 12.6. The first-order valence-corrected chi connectivity index (χ1v) is 7.68. The maximum atomic E-state index is 12.6. The van der Waals surface area contributed by atoms with Crippen molar-refractivity contribution in [2.45, 2.75) is 13.3 Å². The monoisotopic (exact) mass is 305 g/mol. The molecule has 0 aromatic heterocycles. The number of benzene rings is 1. The number of aryl methyl sites for hydroxylation is 1. The highest BCUT2D eigenvalue weighted by Gasteiger charge is 2.33. The number of amides is 1. The van der Waals surface area contributed by atoms with E-state index in [4.69, 9.17) is 11.6 Å². The fraction of sp³-hybridized carbons (Fsp3) is 0.417. The molecule has 1 aromatic rings. The third kappa shape index (κ3) is 3.45. The lowest BCUT2D eigenvalue weighted by Crippen LogP contribution is -2.25. The molecule has 1 aliphatic heterocycles. The lowest BCUT2D eigenvalue weighted by Gasteiger charge is -2.17. The largest absolute Gasteiger partial charge is 0.312 e. The Bertz CT molecular complexity index is 617. The van der Waals surface area contributed by atoms with E-state index in [-0.39, 0.29) is 18.9 Å². The highest BCUT2D eigenvalue weighted by atomic mass is 35.5. The van der Waals surface area contributed by atoms with Crippen LogP contribution in [0.1, 0.15) is 12.0 Å². The molecular formula is C12H13ClFNO3S. The van der Waals surface area contributed by atoms with Gasteiger partial charge in [0.05, 0.1) is 5.75 Å². The van der Waals surface area contributed by atoms with Crippen LogP contribution in [-0.2, 0) is 15.0 Å². The molecule has 1 saturated heterocycles. The van der Waals surface area contributed by atoms with Crippen molar-refractivity contribution in [3.63, 3.8) is 0 Å². The van der Waals surface area contributed by atoms with Gasteiger partial charge in [-0.2, -0.15) is 8.42 Å². The number of hydrogen-bond donors (Lipinski definition) is 0. The van der Waals surface area contributed by atoms with Crippen LogP contribution in [0.5, 0.6) is 0 Å². The molecule has 1 amide bonds. The summed E-state index contributed by atoms with van der Waals surface area (Å²) in [6.07, 6.45) is 0.0364. The van der Waals surface area contributed by atoms with Gasteiger partial charge in [-0.15, -0.1) is 3.89 Å². The van der Waals surface area contributed by atoms with E-state index in [1.807, 2.05) is 6.92 Å². The predicted molar refractivity (Wildman–Crippen MR) is 71.5 cm³/mol. The summed E-state index contributed by atoms with van der Waals surface area (Å²) in [5.41, 5.74) is 1.50. The van der Waals surface area contributed by atoms with Crippen molar-refractivity contribution in [3.05, 3.63) is 28.8 Å². The summed E-state index contributed by atoms with van der Waals surface area (Å²) in [5.74, 6) is -1.34. The number of rotatable bonds is 3. The van der Waals surface area contributed by atoms with Crippen LogP contribution in [0.3, 0.4) is 0 Å². The van der Waals surface area contributed by atoms with E-state index < -0.39 is 21.9 Å². The van der Waals surface area contributed by atoms with Crippen molar-refractivity contribution < 1.29 is 17.1 Å². The SMILES string of the molecule is Cc1ccc(N2CC(CS(=O)(=O)F)CC2=O)cc1Cl. The fourth-order valence-electron chi connectivity index (χ4n) is 2.17. The number of carbonyl (C=O) groups is 1. The lowest BCUT2D eigenvalue weighted by molar-refractivity contribution is -0.117. The molecule has 1 aromatic carbocycles. The molecular weight excluding hydrogens is 293 g/mol. The minimum absolute atomic E-state index is 0.0364. The van der Waals surface area contributed by atoms with Crippen molar-refractivity contribution in [2.75, 3.05) is 17.2 Å². The zero-order chi connectivity index (χ0) is 14.2. The summed E-state index contributed by atoms with van der Waals surface area (Å²) in [6, 6.07) is 5.18. The van der Waals surface area contributed by atoms with Gasteiger partial charge in [-0.3, -0.25) is 4.79 Å². The van der Waals surface area contributed by atoms with E-state index in [0.717, 1.165) is 5.56 Å². The van der Waals surface area contributed by atoms with Crippen molar-refractivity contribution in [2.24, 2.45) is 5.92 Å². The Morgan fingerprint density at radius 1 is 1.47 bits per heavy atom. The van der Waals surface area contributed by atoms with Gasteiger partial charge in [-0.1, -0.05) is 17.7 Å². The van der Waals surface area contributed by atoms with E-state index in [1.54, 1.807) is 18.2 Å². The van der Waals surface area contributed by atoms with E-state index in [0.29, 0.717) is 10.7 Å². The Morgan fingerprint density at radius 3 is 2.74 bits per heavy atom. The molecule has 104 valence electrons. The standard InChI is InChI=1S/C12H13ClFNO3S/c1-8-2-3-10(5-11(8)13)15-6-9(4-12(15)16)7-19(14,17)18/h2-3,5,9H,4,6-7H2,1H3. The first-order valence-electron chi connectivity index (χ1n) is 5.75. The number of halogens is 2. The van der Waals surface area contributed by atoms with Crippen molar-refractivity contribution in [1.29, 1.82) is 0 Å². The van der Waals surface area contributed by atoms with E-state index in [9.17, 15) is 17.1 Å². The van der Waals surface area contributed by atoms with Gasteiger partial charge >= 0.3 is 10.2 Å². The summed E-state index contributed by atoms with van der Waals surface area (Å²) in [6.45, 7) is 2.04. The number of carbonyl (C=O) groups excluding carboxylic acids is 1. The lowest BCUT2D eigenvalue weighted by atomic mass is 10.1. The molecule has 0 N–H and O–H groups in total. The molecule has 0 saturated carbocycles. The molecule has 4 nitrogen and oxygen atoms in total. The second kappa shape index (κ2) is 5.09. The smallest absolute Gasteiger partial charge is 0.302 e. The molecule has 0 radical (unpaired) electrons. The third-order valence-electron chi connectivity index (χ3n) is 3.11. The molecule has 0 spiro atoms. The second-order valence-corrected chi connectivity index (χ2v) is 6.53. The number of nitrogens with zero attached hydrogens (tertiary/aromatic N) is 1. The summed E-state index contributed by atoms with van der Waals surface area (Å²) in [4.78, 5) is 13.3. The highest BCUT2D eigenvalue weighted by Crippen LogP contribution is 2.29. The quantitative estimate of drug-likeness (QED) is 0.805. The minimum Gasteiger partial charge on any atom is -0.312 e. The molecule has 1 heterocycles. The van der Waals surface area contributed by atoms with Crippen LogP contribution in [-0.4, -0.2) is 26.6 Å². The van der Waals surface area contributed by atoms with Crippen LogP contribution in [0.25, 0.3) is 0 Å². The molecule has 0 bridgehead atoms. The molecule has 7 heteroatoms. The van der Waals surface area contributed by atoms with Crippen LogP contribution >= 0.6 is 11.6 Å². The molecule has 1 aliphatic rings. The predicted octanol–water partition coefficient (Wildman–Crippen LogP) is 2.30. The average Bonchev–Trinajstić information content (AvgIpc) is 2.61. The van der Waals surface area contributed by atoms with E-state index in [1.165, 1.54) is 4.90 Å². The number of hydrogen-bond acceptors (Lipinski definition) is 3. The van der Waals surface area contributed by atoms with Gasteiger partial charge in [0.2, 0.25) is 5.91 Å². The van der Waals surface area contributed by atoms with Gasteiger partial charge < -0.3 is 4.90 Å². The zero-order valence-corrected chi connectivity index (χ0v) is 11.8. The maximum Gasteiger partial charge on any atom is 0.302 e. The Morgan fingerprint density at radius 2 is 2.16 bits per heavy atom. The number of anilines is 1. The summed E-state index contributed by atoms with van der Waals surface area (Å²) < 4.78 is 33.9. The molecule has 0 aliphatic carbocycles. The van der Waals surface area contributed by atoms with Crippen LogP contribution < -0.4 is 4.90 Å². The first kappa shape index (κ1) is 14.3. The van der Waals surface area contributed by atoms with Gasteiger partial charge in [0, 0.05) is 29.6 Å². The normalized spacial score (nSPS) is 20.1. The van der Waals surface area contributed by atoms with E-state index >= 15 is 0 Å². The third-order valence-corrected chi connectivity index (χ3v) is 4.38. The van der Waals surface area contributed by atoms with Crippen LogP contribution in [0.15, 0.2) is 18.2 Å². The molecule has 19 heavy (non-hydrogen) atoms. The molecule has 1 unspecified atom stereocenters. The van der Waals surface area contributed by atoms with Gasteiger partial charge in [0.25, 0.3) is 0 Å². The van der Waals surface area contributed by atoms with Crippen molar-refractivity contribution >= 4 is 33.4 Å². The van der Waals surface area contributed by atoms with Gasteiger partial charge in [-0.25, -0.2) is 0 Å². The van der Waals surface area contributed by atoms with Gasteiger partial charge in [0.1, 0.15) is 0 Å². The van der Waals surface area contributed by atoms with Crippen molar-refractivity contribution in [3.8, 4) is 0 Å². The Labute approximate surface area is 116 Å². The molecule has 1 atom stereocenters. The Kier molecular flexibility index (Phi) is 3.82. The Balaban J connectivity index is 2.18. The van der Waals surface area contributed by atoms with Crippen LogP contribution in [0, 0.1) is 12.8 Å². The van der Waals surface area contributed by atoms with Crippen molar-refractivity contribution in [1.82, 2.24) is 0 Å². The van der Waals surface area contributed by atoms with Crippen LogP contribution in [0.4, 0.5) is 9.57 Å². The summed E-state index contributed by atoms with van der Waals surface area (Å²) in [5, 5.41) is 0.534. The second-order valence-electron chi connectivity index (χ2n) is 4.71. The highest BCUT2D eigenvalue weighted by molar-refractivity contribution is 7.86. The first-order chi connectivity index (χ1) is 8.76. The zero-order valence-electron chi connectivity index (χ0n) is 10.3. The molecule has 1 fully saturated rings. The minimum atomic E-state index is -4.56. The molecule has 2 rings (SSSR count). The summed E-state index contributed by atoms with van der Waals surface area (Å²) >= 11 is 5.99. The van der Waals surface area contributed by atoms with Crippen LogP contribution in [0.2, 0.25) is 5.02 Å². The topological polar surface area (TPSA) is 54.5 Å². The average molecular weight is 306 g/mol.